The van der Waals surface area contributed by atoms with E-state index in [1.165, 1.54) is 11.8 Å². The second-order valence-corrected chi connectivity index (χ2v) is 9.35. The number of aromatic nitrogens is 4. The highest BCUT2D eigenvalue weighted by atomic mass is 35.5. The van der Waals surface area contributed by atoms with Crippen LogP contribution in [-0.2, 0) is 4.74 Å². The van der Waals surface area contributed by atoms with E-state index in [0.717, 1.165) is 53.9 Å². The van der Waals surface area contributed by atoms with Crippen molar-refractivity contribution in [2.45, 2.75) is 28.7 Å². The minimum absolute atomic E-state index is 0.109. The summed E-state index contributed by atoms with van der Waals surface area (Å²) in [5.41, 5.74) is 7.26. The molecular formula is C19H20Cl2N6OS. The van der Waals surface area contributed by atoms with Gasteiger partial charge in [0.15, 0.2) is 5.65 Å². The number of hydrogen-bond acceptors (Lipinski definition) is 7. The summed E-state index contributed by atoms with van der Waals surface area (Å²) in [5, 5.41) is 0.723. The molecule has 5 heterocycles. The van der Waals surface area contributed by atoms with Crippen LogP contribution < -0.4 is 10.6 Å². The van der Waals surface area contributed by atoms with Crippen molar-refractivity contribution < 1.29 is 4.74 Å². The summed E-state index contributed by atoms with van der Waals surface area (Å²) in [4.78, 5) is 17.3. The normalized spacial score (nSPS) is 21.3. The molecule has 1 spiro atoms. The van der Waals surface area contributed by atoms with Gasteiger partial charge in [0, 0.05) is 54.2 Å². The average molecular weight is 451 g/mol. The van der Waals surface area contributed by atoms with Gasteiger partial charge in [-0.15, -0.1) is 0 Å². The molecule has 1 atom stereocenters. The number of halogens is 2. The summed E-state index contributed by atoms with van der Waals surface area (Å²) in [6, 6.07) is 1.96. The number of anilines is 1. The van der Waals surface area contributed by atoms with E-state index in [1.807, 2.05) is 22.9 Å². The van der Waals surface area contributed by atoms with Gasteiger partial charge in [0.1, 0.15) is 5.15 Å². The number of ether oxygens (including phenoxy) is 1. The molecular weight excluding hydrogens is 431 g/mol. The van der Waals surface area contributed by atoms with Gasteiger partial charge in [-0.05, 0) is 18.9 Å². The molecule has 0 amide bonds. The van der Waals surface area contributed by atoms with E-state index in [9.17, 15) is 0 Å². The predicted octanol–water partition coefficient (Wildman–Crippen LogP) is 3.53. The van der Waals surface area contributed by atoms with E-state index in [0.29, 0.717) is 11.6 Å². The largest absolute Gasteiger partial charge is 0.379 e. The van der Waals surface area contributed by atoms with Gasteiger partial charge in [0.2, 0.25) is 5.95 Å². The highest BCUT2D eigenvalue weighted by Gasteiger charge is 2.44. The van der Waals surface area contributed by atoms with Crippen LogP contribution in [0.15, 0.2) is 40.6 Å². The Balaban J connectivity index is 1.42. The Hall–Kier alpha value is -1.58. The molecule has 5 rings (SSSR count). The Morgan fingerprint density at radius 2 is 1.97 bits per heavy atom. The van der Waals surface area contributed by atoms with Gasteiger partial charge in [-0.1, -0.05) is 35.0 Å². The fraction of sp³-hybridized carbons (Fsp3) is 0.421. The molecule has 10 heteroatoms. The number of imidazole rings is 1. The molecule has 152 valence electrons. The van der Waals surface area contributed by atoms with Crippen molar-refractivity contribution in [1.82, 2.24) is 19.4 Å². The molecule has 0 aliphatic carbocycles. The highest BCUT2D eigenvalue weighted by Crippen LogP contribution is 2.41. The third-order valence-electron chi connectivity index (χ3n) is 5.92. The van der Waals surface area contributed by atoms with Crippen molar-refractivity contribution in [2.24, 2.45) is 11.1 Å². The summed E-state index contributed by atoms with van der Waals surface area (Å²) in [6.07, 6.45) is 9.24. The number of piperidine rings is 1. The van der Waals surface area contributed by atoms with E-state index in [-0.39, 0.29) is 16.6 Å². The molecule has 3 aromatic rings. The van der Waals surface area contributed by atoms with Crippen molar-refractivity contribution >= 4 is 46.6 Å². The maximum absolute atomic E-state index is 6.32. The van der Waals surface area contributed by atoms with E-state index < -0.39 is 0 Å². The molecule has 3 aromatic heterocycles. The van der Waals surface area contributed by atoms with Crippen molar-refractivity contribution in [3.63, 3.8) is 0 Å². The molecule has 7 nitrogen and oxygen atoms in total. The number of rotatable bonds is 3. The number of hydrogen-bond donors (Lipinski definition) is 1. The topological polar surface area (TPSA) is 81.6 Å². The van der Waals surface area contributed by atoms with Gasteiger partial charge in [-0.3, -0.25) is 4.40 Å². The minimum Gasteiger partial charge on any atom is -0.379 e. The van der Waals surface area contributed by atoms with Gasteiger partial charge < -0.3 is 15.4 Å². The number of nitrogens with two attached hydrogens (primary N) is 1. The molecule has 0 saturated carbocycles. The lowest BCUT2D eigenvalue weighted by atomic mass is 9.75. The summed E-state index contributed by atoms with van der Waals surface area (Å²) < 4.78 is 7.67. The molecule has 2 aliphatic heterocycles. The first kappa shape index (κ1) is 19.4. The SMILES string of the molecule is NC1COCC12CCN(c1ncc(Sc3ccnc(Cl)c3Cl)c3nccn13)CC2. The number of pyridine rings is 1. The quantitative estimate of drug-likeness (QED) is 0.611. The van der Waals surface area contributed by atoms with Gasteiger partial charge in [0.25, 0.3) is 0 Å². The fourth-order valence-corrected chi connectivity index (χ4v) is 5.47. The average Bonchev–Trinajstić information content (AvgIpc) is 3.35. The van der Waals surface area contributed by atoms with Crippen LogP contribution in [0.1, 0.15) is 12.8 Å². The van der Waals surface area contributed by atoms with Crippen LogP contribution >= 0.6 is 35.0 Å². The smallest absolute Gasteiger partial charge is 0.211 e. The highest BCUT2D eigenvalue weighted by molar-refractivity contribution is 7.99. The third-order valence-corrected chi connectivity index (χ3v) is 7.87. The lowest BCUT2D eigenvalue weighted by molar-refractivity contribution is 0.131. The van der Waals surface area contributed by atoms with Crippen molar-refractivity contribution in [1.29, 1.82) is 0 Å². The molecule has 0 bridgehead atoms. The van der Waals surface area contributed by atoms with Crippen LogP contribution in [0.25, 0.3) is 5.65 Å². The zero-order valence-corrected chi connectivity index (χ0v) is 17.9. The first-order valence-corrected chi connectivity index (χ1v) is 11.0. The van der Waals surface area contributed by atoms with Crippen LogP contribution in [-0.4, -0.2) is 51.7 Å². The van der Waals surface area contributed by atoms with E-state index in [4.69, 9.17) is 38.7 Å². The lowest BCUT2D eigenvalue weighted by Gasteiger charge is -2.41. The second kappa shape index (κ2) is 7.59. The van der Waals surface area contributed by atoms with Crippen molar-refractivity contribution in [3.8, 4) is 0 Å². The molecule has 1 unspecified atom stereocenters. The standard InChI is InChI=1S/C19H20Cl2N6OS/c20-15-12(1-4-23-16(15)21)29-13-9-25-18(27-8-5-24-17(13)27)26-6-2-19(3-7-26)11-28-10-14(19)22/h1,4-5,8-9,14H,2-3,6-7,10-11,22H2. The van der Waals surface area contributed by atoms with E-state index >= 15 is 0 Å². The van der Waals surface area contributed by atoms with Crippen LogP contribution in [0.4, 0.5) is 5.95 Å². The third kappa shape index (κ3) is 3.37. The summed E-state index contributed by atoms with van der Waals surface area (Å²) in [5.74, 6) is 0.892. The van der Waals surface area contributed by atoms with Crippen LogP contribution in [0.5, 0.6) is 0 Å². The monoisotopic (exact) mass is 450 g/mol. The number of fused-ring (bicyclic) bond motifs is 1. The Morgan fingerprint density at radius 1 is 1.14 bits per heavy atom. The maximum Gasteiger partial charge on any atom is 0.211 e. The molecule has 2 fully saturated rings. The summed E-state index contributed by atoms with van der Waals surface area (Å²) in [6.45, 7) is 3.23. The molecule has 2 saturated heterocycles. The zero-order chi connectivity index (χ0) is 20.0. The number of nitrogens with zero attached hydrogens (tertiary/aromatic N) is 5. The maximum atomic E-state index is 6.32. The van der Waals surface area contributed by atoms with Crippen LogP contribution in [0.3, 0.4) is 0 Å². The molecule has 2 N–H and O–H groups in total. The van der Waals surface area contributed by atoms with Crippen molar-refractivity contribution in [3.05, 3.63) is 41.0 Å². The van der Waals surface area contributed by atoms with E-state index in [1.54, 1.807) is 12.4 Å². The fourth-order valence-electron chi connectivity index (χ4n) is 4.13. The Labute approximate surface area is 182 Å². The van der Waals surface area contributed by atoms with Gasteiger partial charge >= 0.3 is 0 Å². The lowest BCUT2D eigenvalue weighted by Crippen LogP contribution is -2.49. The Morgan fingerprint density at radius 3 is 2.72 bits per heavy atom. The summed E-state index contributed by atoms with van der Waals surface area (Å²) >= 11 is 13.8. The van der Waals surface area contributed by atoms with Crippen LogP contribution in [0.2, 0.25) is 10.2 Å². The molecule has 2 aliphatic rings. The van der Waals surface area contributed by atoms with Gasteiger partial charge in [-0.2, -0.15) is 0 Å². The van der Waals surface area contributed by atoms with Crippen molar-refractivity contribution in [2.75, 3.05) is 31.2 Å². The van der Waals surface area contributed by atoms with Crippen LogP contribution in [0, 0.1) is 5.41 Å². The molecule has 0 aromatic carbocycles. The Bertz CT molecular complexity index is 1050. The molecule has 29 heavy (non-hydrogen) atoms. The first-order valence-electron chi connectivity index (χ1n) is 9.46. The van der Waals surface area contributed by atoms with Gasteiger partial charge in [0.05, 0.1) is 23.1 Å². The molecule has 0 radical (unpaired) electrons. The first-order chi connectivity index (χ1) is 14.1. The van der Waals surface area contributed by atoms with Gasteiger partial charge in [-0.25, -0.2) is 15.0 Å². The second-order valence-electron chi connectivity index (χ2n) is 7.53. The summed E-state index contributed by atoms with van der Waals surface area (Å²) in [7, 11) is 0. The zero-order valence-electron chi connectivity index (χ0n) is 15.6. The predicted molar refractivity (Wildman–Crippen MR) is 114 cm³/mol. The minimum atomic E-state index is 0.109. The Kier molecular flexibility index (Phi) is 5.08. The van der Waals surface area contributed by atoms with E-state index in [2.05, 4.69) is 14.9 Å².